The molecule has 0 aromatic rings. The molecule has 1 nitrogen and oxygen atoms in total. The lowest BCUT2D eigenvalue weighted by atomic mass is 9.98. The minimum atomic E-state index is 0.873. The molecule has 1 heteroatoms. The molecule has 0 bridgehead atoms. The molecule has 0 N–H and O–H groups in total. The van der Waals surface area contributed by atoms with Crippen molar-refractivity contribution in [3.05, 3.63) is 0 Å². The largest absolute Gasteiger partial charge is 0.328 e. The average molecular weight is 495 g/mol. The summed E-state index contributed by atoms with van der Waals surface area (Å²) in [5.74, 6) is 1.75. The average Bonchev–Trinajstić information content (AvgIpc) is 2.80. The molecule has 0 fully saturated rings. The highest BCUT2D eigenvalue weighted by Gasteiger charge is 2.22. The first-order chi connectivity index (χ1) is 16.9. The molecule has 0 aliphatic rings. The van der Waals surface area contributed by atoms with Gasteiger partial charge in [0, 0.05) is 11.8 Å². The van der Waals surface area contributed by atoms with Gasteiger partial charge < -0.3 is 4.48 Å². The Hall–Kier alpha value is -0.0400. The van der Waals surface area contributed by atoms with Crippen LogP contribution in [-0.4, -0.2) is 31.7 Å². The summed E-state index contributed by atoms with van der Waals surface area (Å²) in [5, 5.41) is 0. The maximum atomic E-state index is 2.51. The van der Waals surface area contributed by atoms with Gasteiger partial charge in [0.05, 0.1) is 27.2 Å². The van der Waals surface area contributed by atoms with Crippen molar-refractivity contribution in [1.82, 2.24) is 0 Å². The second-order valence-electron chi connectivity index (χ2n) is 13.2. The first-order valence-electron chi connectivity index (χ1n) is 16.7. The number of hydrogen-bond acceptors (Lipinski definition) is 0. The van der Waals surface area contributed by atoms with Crippen molar-refractivity contribution in [1.29, 1.82) is 0 Å². The van der Waals surface area contributed by atoms with Crippen molar-refractivity contribution in [2.24, 2.45) is 11.8 Å². The first kappa shape index (κ1) is 35.0. The van der Waals surface area contributed by atoms with E-state index in [1.54, 1.807) is 0 Å². The van der Waals surface area contributed by atoms with Crippen molar-refractivity contribution in [2.75, 3.05) is 27.2 Å². The predicted octanol–water partition coefficient (Wildman–Crippen LogP) is 11.7. The molecule has 0 aromatic heterocycles. The number of nitrogens with zero attached hydrogens (tertiary/aromatic N) is 1. The van der Waals surface area contributed by atoms with Gasteiger partial charge in [-0.25, -0.2) is 0 Å². The van der Waals surface area contributed by atoms with E-state index in [9.17, 15) is 0 Å². The van der Waals surface area contributed by atoms with Crippen LogP contribution < -0.4 is 0 Å². The van der Waals surface area contributed by atoms with Gasteiger partial charge in [-0.15, -0.1) is 0 Å². The van der Waals surface area contributed by atoms with Crippen molar-refractivity contribution >= 4 is 0 Å². The molecule has 0 rings (SSSR count). The van der Waals surface area contributed by atoms with Gasteiger partial charge in [-0.05, 0) is 12.8 Å². The Morgan fingerprint density at radius 3 is 0.857 bits per heavy atom. The Kier molecular flexibility index (Phi) is 25.6. The van der Waals surface area contributed by atoms with Crippen LogP contribution in [0.25, 0.3) is 0 Å². The molecule has 0 saturated carbocycles. The summed E-state index contributed by atoms with van der Waals surface area (Å²) in [4.78, 5) is 0. The van der Waals surface area contributed by atoms with E-state index in [0.717, 1.165) is 11.8 Å². The van der Waals surface area contributed by atoms with Crippen LogP contribution in [0.1, 0.15) is 182 Å². The molecule has 2 unspecified atom stereocenters. The van der Waals surface area contributed by atoms with Crippen LogP contribution >= 0.6 is 0 Å². The number of quaternary nitrogens is 1. The third-order valence-corrected chi connectivity index (χ3v) is 8.21. The minimum Gasteiger partial charge on any atom is -0.328 e. The molecular weight excluding hydrogens is 422 g/mol. The molecule has 0 amide bonds. The lowest BCUT2D eigenvalue weighted by Crippen LogP contribution is -2.45. The Bertz CT molecular complexity index is 401. The van der Waals surface area contributed by atoms with Crippen LogP contribution in [0, 0.1) is 11.8 Å². The van der Waals surface area contributed by atoms with Gasteiger partial charge in [0.1, 0.15) is 0 Å². The van der Waals surface area contributed by atoms with E-state index in [4.69, 9.17) is 0 Å². The summed E-state index contributed by atoms with van der Waals surface area (Å²) >= 11 is 0. The summed E-state index contributed by atoms with van der Waals surface area (Å²) in [6.45, 7) is 12.3. The van der Waals surface area contributed by atoms with Gasteiger partial charge >= 0.3 is 0 Å². The summed E-state index contributed by atoms with van der Waals surface area (Å²) < 4.78 is 1.22. The number of hydrogen-bond donors (Lipinski definition) is 0. The van der Waals surface area contributed by atoms with E-state index in [-0.39, 0.29) is 0 Å². The molecule has 0 spiro atoms. The zero-order valence-electron chi connectivity index (χ0n) is 26.0. The molecular formula is C34H72N+. The van der Waals surface area contributed by atoms with Crippen molar-refractivity contribution < 1.29 is 4.48 Å². The van der Waals surface area contributed by atoms with Crippen LogP contribution in [0.15, 0.2) is 0 Å². The topological polar surface area (TPSA) is 0 Å². The summed E-state index contributed by atoms with van der Waals surface area (Å²) in [6.07, 6.45) is 34.9. The highest BCUT2D eigenvalue weighted by molar-refractivity contribution is 4.58. The summed E-state index contributed by atoms with van der Waals surface area (Å²) in [7, 11) is 4.96. The second-order valence-corrected chi connectivity index (χ2v) is 13.2. The Balaban J connectivity index is 3.58. The van der Waals surface area contributed by atoms with E-state index in [1.165, 1.54) is 172 Å². The highest BCUT2D eigenvalue weighted by Crippen LogP contribution is 2.20. The fourth-order valence-corrected chi connectivity index (χ4v) is 6.26. The van der Waals surface area contributed by atoms with E-state index in [1.807, 2.05) is 0 Å². The molecule has 0 aromatic carbocycles. The van der Waals surface area contributed by atoms with E-state index >= 15 is 0 Å². The fourth-order valence-electron chi connectivity index (χ4n) is 6.26. The number of rotatable bonds is 28. The molecule has 0 saturated heterocycles. The van der Waals surface area contributed by atoms with E-state index in [2.05, 4.69) is 41.8 Å². The molecule has 212 valence electrons. The third kappa shape index (κ3) is 26.8. The number of unbranched alkanes of at least 4 members (excludes halogenated alkanes) is 20. The summed E-state index contributed by atoms with van der Waals surface area (Å²) in [6, 6.07) is 0. The zero-order valence-corrected chi connectivity index (χ0v) is 26.0. The Morgan fingerprint density at radius 1 is 0.371 bits per heavy atom. The van der Waals surface area contributed by atoms with E-state index in [0.29, 0.717) is 0 Å². The van der Waals surface area contributed by atoms with Crippen molar-refractivity contribution in [2.45, 2.75) is 182 Å². The van der Waals surface area contributed by atoms with Gasteiger partial charge in [0.15, 0.2) is 0 Å². The van der Waals surface area contributed by atoms with Gasteiger partial charge in [0.25, 0.3) is 0 Å². The monoisotopic (exact) mass is 495 g/mol. The van der Waals surface area contributed by atoms with Crippen LogP contribution in [0.2, 0.25) is 0 Å². The Labute approximate surface area is 225 Å². The molecule has 0 aliphatic carbocycles. The van der Waals surface area contributed by atoms with Crippen LogP contribution in [0.3, 0.4) is 0 Å². The second kappa shape index (κ2) is 25.6. The van der Waals surface area contributed by atoms with E-state index < -0.39 is 0 Å². The van der Waals surface area contributed by atoms with Crippen LogP contribution in [0.5, 0.6) is 0 Å². The Morgan fingerprint density at radius 2 is 0.600 bits per heavy atom. The van der Waals surface area contributed by atoms with Crippen LogP contribution in [-0.2, 0) is 0 Å². The lowest BCUT2D eigenvalue weighted by molar-refractivity contribution is -0.896. The maximum absolute atomic E-state index is 2.51. The predicted molar refractivity (Wildman–Crippen MR) is 162 cm³/mol. The minimum absolute atomic E-state index is 0.873. The van der Waals surface area contributed by atoms with Crippen LogP contribution in [0.4, 0.5) is 0 Å². The highest BCUT2D eigenvalue weighted by atomic mass is 15.3. The fraction of sp³-hybridized carbons (Fsp3) is 1.00. The molecule has 35 heavy (non-hydrogen) atoms. The summed E-state index contributed by atoms with van der Waals surface area (Å²) in [5.41, 5.74) is 0. The SMILES string of the molecule is CCCCCCCCCCCCCCCC(C)C[N+](C)(C)CC(C)CCCCCCCCCCC. The van der Waals surface area contributed by atoms with Crippen molar-refractivity contribution in [3.8, 4) is 0 Å². The quantitative estimate of drug-likeness (QED) is 0.0749. The van der Waals surface area contributed by atoms with Gasteiger partial charge in [-0.2, -0.15) is 0 Å². The smallest absolute Gasteiger partial charge is 0.0808 e. The van der Waals surface area contributed by atoms with Gasteiger partial charge in [-0.1, -0.05) is 169 Å². The van der Waals surface area contributed by atoms with Gasteiger partial charge in [-0.3, -0.25) is 0 Å². The third-order valence-electron chi connectivity index (χ3n) is 8.21. The standard InChI is InChI=1S/C34H72N/c1-7-9-11-13-15-17-18-19-20-22-24-26-28-30-34(4)32-35(5,6)31-33(3)29-27-25-23-21-16-14-12-10-8-2/h33-34H,7-32H2,1-6H3/q+1. The molecule has 0 radical (unpaired) electrons. The maximum Gasteiger partial charge on any atom is 0.0808 e. The van der Waals surface area contributed by atoms with Crippen molar-refractivity contribution in [3.63, 3.8) is 0 Å². The van der Waals surface area contributed by atoms with Gasteiger partial charge in [0.2, 0.25) is 0 Å². The molecule has 2 atom stereocenters. The normalized spacial score (nSPS) is 13.9. The lowest BCUT2D eigenvalue weighted by Gasteiger charge is -2.35. The molecule has 0 heterocycles. The molecule has 0 aliphatic heterocycles. The first-order valence-corrected chi connectivity index (χ1v) is 16.7. The zero-order chi connectivity index (χ0) is 26.0.